The predicted octanol–water partition coefficient (Wildman–Crippen LogP) is 5.00. The Hall–Kier alpha value is -2.54. The average molecular weight is 443 g/mol. The molecule has 1 N–H and O–H groups in total. The van der Waals surface area contributed by atoms with E-state index < -0.39 is 0 Å². The smallest absolute Gasteiger partial charge is 0.238 e. The number of nitrogens with one attached hydrogen (secondary N) is 1. The SMILES string of the molecule is COc1cc2c(cc1OC)[C@@H](c1cccs1)N(CC(=O)Nc1cccc(Cl)c1)CC2. The highest BCUT2D eigenvalue weighted by Crippen LogP contribution is 2.42. The summed E-state index contributed by atoms with van der Waals surface area (Å²) in [6.07, 6.45) is 0.835. The number of carbonyl (C=O) groups is 1. The Kier molecular flexibility index (Phi) is 6.27. The number of benzene rings is 2. The van der Waals surface area contributed by atoms with Gasteiger partial charge >= 0.3 is 0 Å². The molecular weight excluding hydrogens is 420 g/mol. The summed E-state index contributed by atoms with van der Waals surface area (Å²) in [6.45, 7) is 1.05. The van der Waals surface area contributed by atoms with Crippen LogP contribution in [0.1, 0.15) is 22.0 Å². The van der Waals surface area contributed by atoms with Gasteiger partial charge in [-0.1, -0.05) is 23.7 Å². The summed E-state index contributed by atoms with van der Waals surface area (Å²) < 4.78 is 11.0. The molecule has 7 heteroatoms. The Morgan fingerprint density at radius 1 is 1.17 bits per heavy atom. The van der Waals surface area contributed by atoms with Crippen LogP contribution in [0.5, 0.6) is 11.5 Å². The first kappa shape index (κ1) is 20.7. The van der Waals surface area contributed by atoms with Crippen LogP contribution in [0.4, 0.5) is 5.69 Å². The fourth-order valence-electron chi connectivity index (χ4n) is 3.90. The molecule has 0 unspecified atom stereocenters. The second-order valence-corrected chi connectivity index (χ2v) is 8.52. The number of amides is 1. The first-order valence-electron chi connectivity index (χ1n) is 9.66. The van der Waals surface area contributed by atoms with E-state index in [0.717, 1.165) is 24.3 Å². The Bertz CT molecular complexity index is 1040. The van der Waals surface area contributed by atoms with Crippen LogP contribution in [0.3, 0.4) is 0 Å². The van der Waals surface area contributed by atoms with E-state index in [2.05, 4.69) is 27.7 Å². The number of nitrogens with zero attached hydrogens (tertiary/aromatic N) is 1. The van der Waals surface area contributed by atoms with Crippen LogP contribution in [-0.2, 0) is 11.2 Å². The van der Waals surface area contributed by atoms with Gasteiger partial charge in [-0.25, -0.2) is 0 Å². The lowest BCUT2D eigenvalue weighted by Crippen LogP contribution is -2.40. The van der Waals surface area contributed by atoms with Crippen LogP contribution >= 0.6 is 22.9 Å². The first-order chi connectivity index (χ1) is 14.6. The normalized spacial score (nSPS) is 16.0. The van der Waals surface area contributed by atoms with Gasteiger partial charge in [0.15, 0.2) is 11.5 Å². The molecule has 0 saturated heterocycles. The Morgan fingerprint density at radius 2 is 1.97 bits per heavy atom. The molecule has 0 spiro atoms. The van der Waals surface area contributed by atoms with Gasteiger partial charge in [0.2, 0.25) is 5.91 Å². The van der Waals surface area contributed by atoms with Gasteiger partial charge in [-0.05, 0) is 59.3 Å². The minimum Gasteiger partial charge on any atom is -0.493 e. The molecule has 0 fully saturated rings. The van der Waals surface area contributed by atoms with Crippen molar-refractivity contribution in [2.45, 2.75) is 12.5 Å². The number of hydrogen-bond acceptors (Lipinski definition) is 5. The molecule has 0 aliphatic carbocycles. The van der Waals surface area contributed by atoms with Crippen molar-refractivity contribution in [2.24, 2.45) is 0 Å². The number of fused-ring (bicyclic) bond motifs is 1. The maximum absolute atomic E-state index is 12.8. The van der Waals surface area contributed by atoms with Crippen molar-refractivity contribution in [3.8, 4) is 11.5 Å². The minimum atomic E-state index is -0.0669. The van der Waals surface area contributed by atoms with Gasteiger partial charge in [0.25, 0.3) is 0 Å². The summed E-state index contributed by atoms with van der Waals surface area (Å²) in [4.78, 5) is 16.2. The highest BCUT2D eigenvalue weighted by Gasteiger charge is 2.32. The van der Waals surface area contributed by atoms with Crippen molar-refractivity contribution in [3.05, 3.63) is 74.9 Å². The standard InChI is InChI=1S/C23H23ClN2O3S/c1-28-19-11-15-8-9-26(14-22(27)25-17-6-3-5-16(24)12-17)23(21-7-4-10-30-21)18(15)13-20(19)29-2/h3-7,10-13,23H,8-9,14H2,1-2H3,(H,25,27)/t23-/m0/s1. The number of carbonyl (C=O) groups excluding carboxylic acids is 1. The zero-order valence-electron chi connectivity index (χ0n) is 16.9. The Morgan fingerprint density at radius 3 is 2.67 bits per heavy atom. The molecule has 0 saturated carbocycles. The van der Waals surface area contributed by atoms with Crippen molar-refractivity contribution in [3.63, 3.8) is 0 Å². The van der Waals surface area contributed by atoms with E-state index in [1.165, 1.54) is 10.4 Å². The maximum Gasteiger partial charge on any atom is 0.238 e. The van der Waals surface area contributed by atoms with E-state index in [0.29, 0.717) is 16.5 Å². The number of hydrogen-bond donors (Lipinski definition) is 1. The quantitative estimate of drug-likeness (QED) is 0.583. The van der Waals surface area contributed by atoms with E-state index >= 15 is 0 Å². The van der Waals surface area contributed by atoms with Gasteiger partial charge in [0, 0.05) is 22.1 Å². The van der Waals surface area contributed by atoms with Crippen molar-refractivity contribution >= 4 is 34.5 Å². The summed E-state index contributed by atoms with van der Waals surface area (Å²) in [7, 11) is 3.29. The molecule has 2 heterocycles. The number of ether oxygens (including phenoxy) is 2. The Labute approximate surface area is 185 Å². The number of anilines is 1. The lowest BCUT2D eigenvalue weighted by Gasteiger charge is -2.37. The van der Waals surface area contributed by atoms with E-state index in [4.69, 9.17) is 21.1 Å². The number of halogens is 1. The van der Waals surface area contributed by atoms with Gasteiger partial charge in [-0.2, -0.15) is 0 Å². The molecule has 4 rings (SSSR count). The van der Waals surface area contributed by atoms with E-state index in [9.17, 15) is 4.79 Å². The summed E-state index contributed by atoms with van der Waals surface area (Å²) in [5, 5.41) is 5.61. The predicted molar refractivity (Wildman–Crippen MR) is 121 cm³/mol. The highest BCUT2D eigenvalue weighted by atomic mass is 35.5. The second kappa shape index (κ2) is 9.08. The second-order valence-electron chi connectivity index (χ2n) is 7.10. The van der Waals surface area contributed by atoms with Gasteiger partial charge in [-0.3, -0.25) is 9.69 Å². The van der Waals surface area contributed by atoms with Crippen molar-refractivity contribution < 1.29 is 14.3 Å². The molecule has 156 valence electrons. The van der Waals surface area contributed by atoms with E-state index in [1.807, 2.05) is 24.3 Å². The summed E-state index contributed by atoms with van der Waals surface area (Å²) >= 11 is 7.73. The van der Waals surface area contributed by atoms with Crippen LogP contribution in [0.2, 0.25) is 5.02 Å². The molecule has 2 aromatic carbocycles. The lowest BCUT2D eigenvalue weighted by atomic mass is 9.91. The minimum absolute atomic E-state index is 0.0151. The molecule has 1 aromatic heterocycles. The molecule has 1 aliphatic rings. The monoisotopic (exact) mass is 442 g/mol. The molecule has 1 atom stereocenters. The number of rotatable bonds is 6. The number of methoxy groups -OCH3 is 2. The third-order valence-corrected chi connectivity index (χ3v) is 6.40. The van der Waals surface area contributed by atoms with Gasteiger partial charge in [0.05, 0.1) is 26.8 Å². The summed E-state index contributed by atoms with van der Waals surface area (Å²) in [5.41, 5.74) is 3.07. The molecule has 5 nitrogen and oxygen atoms in total. The van der Waals surface area contributed by atoms with Crippen LogP contribution in [0.25, 0.3) is 0 Å². The molecular formula is C23H23ClN2O3S. The van der Waals surface area contributed by atoms with Crippen molar-refractivity contribution in [2.75, 3.05) is 32.6 Å². The van der Waals surface area contributed by atoms with Crippen molar-refractivity contribution in [1.82, 2.24) is 4.90 Å². The zero-order chi connectivity index (χ0) is 21.1. The van der Waals surface area contributed by atoms with Crippen LogP contribution in [0, 0.1) is 0 Å². The third kappa shape index (κ3) is 4.31. The van der Waals surface area contributed by atoms with E-state index in [1.54, 1.807) is 37.7 Å². The third-order valence-electron chi connectivity index (χ3n) is 5.24. The molecule has 3 aromatic rings. The van der Waals surface area contributed by atoms with Crippen LogP contribution in [-0.4, -0.2) is 38.1 Å². The largest absolute Gasteiger partial charge is 0.493 e. The van der Waals surface area contributed by atoms with Crippen molar-refractivity contribution in [1.29, 1.82) is 0 Å². The first-order valence-corrected chi connectivity index (χ1v) is 10.9. The molecule has 1 aliphatic heterocycles. The number of thiophene rings is 1. The van der Waals surface area contributed by atoms with Gasteiger partial charge in [-0.15, -0.1) is 11.3 Å². The molecule has 0 bridgehead atoms. The average Bonchev–Trinajstić information content (AvgIpc) is 3.26. The van der Waals surface area contributed by atoms with Gasteiger partial charge < -0.3 is 14.8 Å². The molecule has 0 radical (unpaired) electrons. The zero-order valence-corrected chi connectivity index (χ0v) is 18.4. The Balaban J connectivity index is 1.63. The van der Waals surface area contributed by atoms with E-state index in [-0.39, 0.29) is 18.5 Å². The highest BCUT2D eigenvalue weighted by molar-refractivity contribution is 7.10. The fraction of sp³-hybridized carbons (Fsp3) is 0.261. The molecule has 30 heavy (non-hydrogen) atoms. The lowest BCUT2D eigenvalue weighted by molar-refractivity contribution is -0.117. The van der Waals surface area contributed by atoms with Crippen LogP contribution < -0.4 is 14.8 Å². The van der Waals surface area contributed by atoms with Crippen LogP contribution in [0.15, 0.2) is 53.9 Å². The summed E-state index contributed by atoms with van der Waals surface area (Å²) in [5.74, 6) is 1.36. The maximum atomic E-state index is 12.8. The molecule has 1 amide bonds. The fourth-order valence-corrected chi connectivity index (χ4v) is 4.97. The summed E-state index contributed by atoms with van der Waals surface area (Å²) in [6, 6.07) is 15.4. The topological polar surface area (TPSA) is 50.8 Å². The van der Waals surface area contributed by atoms with Gasteiger partial charge in [0.1, 0.15) is 0 Å².